The number of carbonyl (C=O) groups is 2. The van der Waals surface area contributed by atoms with E-state index in [1.165, 1.54) is 16.2 Å². The second-order valence-electron chi connectivity index (χ2n) is 6.59. The first-order valence-corrected chi connectivity index (χ1v) is 8.43. The highest BCUT2D eigenvalue weighted by atomic mass is 16.2. The molecule has 122 valence electrons. The predicted octanol–water partition coefficient (Wildman–Crippen LogP) is 3.26. The molecule has 0 saturated carbocycles. The van der Waals surface area contributed by atoms with Gasteiger partial charge in [0.2, 0.25) is 0 Å². The van der Waals surface area contributed by atoms with Crippen molar-refractivity contribution >= 4 is 17.5 Å². The fraction of sp³-hybridized carbons (Fsp3) is 0.300. The van der Waals surface area contributed by atoms with Crippen LogP contribution in [0.5, 0.6) is 0 Å². The van der Waals surface area contributed by atoms with Crippen molar-refractivity contribution in [2.24, 2.45) is 0 Å². The van der Waals surface area contributed by atoms with E-state index in [-0.39, 0.29) is 17.9 Å². The molecule has 0 bridgehead atoms. The van der Waals surface area contributed by atoms with Gasteiger partial charge in [0, 0.05) is 24.8 Å². The molecule has 0 radical (unpaired) electrons. The Balaban J connectivity index is 1.57. The van der Waals surface area contributed by atoms with Crippen molar-refractivity contribution < 1.29 is 9.59 Å². The third-order valence-corrected chi connectivity index (χ3v) is 4.98. The number of aryl methyl sites for hydroxylation is 1. The smallest absolute Gasteiger partial charge is 0.261 e. The van der Waals surface area contributed by atoms with Crippen LogP contribution in [0.25, 0.3) is 0 Å². The van der Waals surface area contributed by atoms with Crippen LogP contribution in [0.1, 0.15) is 39.1 Å². The minimum atomic E-state index is -0.160. The SMILES string of the molecule is Cc1cccc(N2CCCC2CN2C(=O)c3ccccc3C2=O)c1. The average molecular weight is 320 g/mol. The molecule has 2 amide bonds. The van der Waals surface area contributed by atoms with Crippen molar-refractivity contribution in [2.45, 2.75) is 25.8 Å². The van der Waals surface area contributed by atoms with Crippen LogP contribution in [-0.2, 0) is 0 Å². The lowest BCUT2D eigenvalue weighted by Gasteiger charge is -2.29. The van der Waals surface area contributed by atoms with Gasteiger partial charge in [0.05, 0.1) is 11.1 Å². The molecular formula is C20H20N2O2. The number of fused-ring (bicyclic) bond motifs is 1. The van der Waals surface area contributed by atoms with E-state index in [1.54, 1.807) is 12.1 Å². The van der Waals surface area contributed by atoms with Crippen LogP contribution >= 0.6 is 0 Å². The first-order chi connectivity index (χ1) is 11.6. The molecule has 2 heterocycles. The second-order valence-corrected chi connectivity index (χ2v) is 6.59. The minimum Gasteiger partial charge on any atom is -0.367 e. The van der Waals surface area contributed by atoms with Gasteiger partial charge in [-0.2, -0.15) is 0 Å². The van der Waals surface area contributed by atoms with Crippen LogP contribution in [0, 0.1) is 6.92 Å². The molecule has 1 saturated heterocycles. The molecule has 2 aromatic rings. The van der Waals surface area contributed by atoms with Gasteiger partial charge in [-0.3, -0.25) is 14.5 Å². The summed E-state index contributed by atoms with van der Waals surface area (Å²) in [6, 6.07) is 15.7. The number of amides is 2. The molecule has 1 fully saturated rings. The fourth-order valence-corrected chi connectivity index (χ4v) is 3.79. The molecular weight excluding hydrogens is 300 g/mol. The Morgan fingerprint density at radius 1 is 1.00 bits per heavy atom. The van der Waals surface area contributed by atoms with Crippen LogP contribution in [-0.4, -0.2) is 35.8 Å². The highest BCUT2D eigenvalue weighted by Gasteiger charge is 2.38. The molecule has 4 nitrogen and oxygen atoms in total. The number of hydrogen-bond acceptors (Lipinski definition) is 3. The zero-order valence-electron chi connectivity index (χ0n) is 13.7. The van der Waals surface area contributed by atoms with Crippen molar-refractivity contribution in [1.29, 1.82) is 0 Å². The van der Waals surface area contributed by atoms with Gasteiger partial charge in [-0.1, -0.05) is 24.3 Å². The zero-order valence-corrected chi connectivity index (χ0v) is 13.7. The van der Waals surface area contributed by atoms with Crippen LogP contribution in [0.15, 0.2) is 48.5 Å². The summed E-state index contributed by atoms with van der Waals surface area (Å²) in [6.07, 6.45) is 2.09. The van der Waals surface area contributed by atoms with E-state index in [4.69, 9.17) is 0 Å². The van der Waals surface area contributed by atoms with Gasteiger partial charge in [0.15, 0.2) is 0 Å². The number of benzene rings is 2. The van der Waals surface area contributed by atoms with E-state index in [0.29, 0.717) is 17.7 Å². The van der Waals surface area contributed by atoms with Gasteiger partial charge in [-0.25, -0.2) is 0 Å². The highest BCUT2D eigenvalue weighted by molar-refractivity contribution is 6.21. The Morgan fingerprint density at radius 3 is 2.38 bits per heavy atom. The molecule has 4 heteroatoms. The number of anilines is 1. The summed E-state index contributed by atoms with van der Waals surface area (Å²) in [5.74, 6) is -0.321. The summed E-state index contributed by atoms with van der Waals surface area (Å²) in [6.45, 7) is 3.51. The van der Waals surface area contributed by atoms with E-state index in [9.17, 15) is 9.59 Å². The van der Waals surface area contributed by atoms with Gasteiger partial charge < -0.3 is 4.90 Å². The van der Waals surface area contributed by atoms with Gasteiger partial charge in [-0.15, -0.1) is 0 Å². The third-order valence-electron chi connectivity index (χ3n) is 4.98. The first-order valence-electron chi connectivity index (χ1n) is 8.43. The van der Waals surface area contributed by atoms with Crippen molar-refractivity contribution in [3.05, 3.63) is 65.2 Å². The summed E-state index contributed by atoms with van der Waals surface area (Å²) in [5, 5.41) is 0. The predicted molar refractivity (Wildman–Crippen MR) is 93.4 cm³/mol. The topological polar surface area (TPSA) is 40.6 Å². The lowest BCUT2D eigenvalue weighted by atomic mass is 10.1. The van der Waals surface area contributed by atoms with Crippen molar-refractivity contribution in [3.8, 4) is 0 Å². The number of carbonyl (C=O) groups excluding carboxylic acids is 2. The highest BCUT2D eigenvalue weighted by Crippen LogP contribution is 2.29. The summed E-state index contributed by atoms with van der Waals surface area (Å²) >= 11 is 0. The molecule has 0 spiro atoms. The Labute approximate surface area is 141 Å². The minimum absolute atomic E-state index is 0.160. The van der Waals surface area contributed by atoms with E-state index in [2.05, 4.69) is 36.1 Å². The maximum absolute atomic E-state index is 12.6. The van der Waals surface area contributed by atoms with E-state index >= 15 is 0 Å². The maximum atomic E-state index is 12.6. The molecule has 0 aliphatic carbocycles. The van der Waals surface area contributed by atoms with E-state index < -0.39 is 0 Å². The molecule has 4 rings (SSSR count). The summed E-state index contributed by atoms with van der Waals surface area (Å²) in [4.78, 5) is 28.9. The normalized spacial score (nSPS) is 20.0. The lowest BCUT2D eigenvalue weighted by Crippen LogP contribution is -2.43. The monoisotopic (exact) mass is 320 g/mol. The fourth-order valence-electron chi connectivity index (χ4n) is 3.79. The molecule has 2 aliphatic heterocycles. The van der Waals surface area contributed by atoms with Crippen molar-refractivity contribution in [3.63, 3.8) is 0 Å². The van der Waals surface area contributed by atoms with Gasteiger partial charge in [0.1, 0.15) is 0 Å². The average Bonchev–Trinajstić information content (AvgIpc) is 3.15. The van der Waals surface area contributed by atoms with Crippen molar-refractivity contribution in [2.75, 3.05) is 18.0 Å². The number of imide groups is 1. The summed E-state index contributed by atoms with van der Waals surface area (Å²) < 4.78 is 0. The number of nitrogens with zero attached hydrogens (tertiary/aromatic N) is 2. The van der Waals surface area contributed by atoms with Crippen LogP contribution in [0.2, 0.25) is 0 Å². The lowest BCUT2D eigenvalue weighted by molar-refractivity contribution is 0.0645. The van der Waals surface area contributed by atoms with E-state index in [0.717, 1.165) is 19.4 Å². The second kappa shape index (κ2) is 5.78. The van der Waals surface area contributed by atoms with Gasteiger partial charge >= 0.3 is 0 Å². The van der Waals surface area contributed by atoms with E-state index in [1.807, 2.05) is 12.1 Å². The van der Waals surface area contributed by atoms with Crippen LogP contribution in [0.4, 0.5) is 5.69 Å². The Bertz CT molecular complexity index is 780. The molecule has 2 aliphatic rings. The Hall–Kier alpha value is -2.62. The zero-order chi connectivity index (χ0) is 16.7. The maximum Gasteiger partial charge on any atom is 0.261 e. The molecule has 24 heavy (non-hydrogen) atoms. The summed E-state index contributed by atoms with van der Waals surface area (Å²) in [7, 11) is 0. The summed E-state index contributed by atoms with van der Waals surface area (Å²) in [5.41, 5.74) is 3.46. The van der Waals surface area contributed by atoms with Crippen LogP contribution < -0.4 is 4.90 Å². The third kappa shape index (κ3) is 2.39. The van der Waals surface area contributed by atoms with Gasteiger partial charge in [0.25, 0.3) is 11.8 Å². The Morgan fingerprint density at radius 2 is 1.71 bits per heavy atom. The van der Waals surface area contributed by atoms with Crippen molar-refractivity contribution in [1.82, 2.24) is 4.90 Å². The molecule has 2 aromatic carbocycles. The standard InChI is InChI=1S/C20H20N2O2/c1-14-6-4-7-15(12-14)21-11-5-8-16(21)13-22-19(23)17-9-2-3-10-18(17)20(22)24/h2-4,6-7,9-10,12,16H,5,8,11,13H2,1H3. The Kier molecular flexibility index (Phi) is 3.60. The quantitative estimate of drug-likeness (QED) is 0.815. The molecule has 0 N–H and O–H groups in total. The molecule has 0 aromatic heterocycles. The molecule has 1 unspecified atom stereocenters. The van der Waals surface area contributed by atoms with Crippen LogP contribution in [0.3, 0.4) is 0 Å². The molecule has 1 atom stereocenters. The largest absolute Gasteiger partial charge is 0.367 e. The number of rotatable bonds is 3. The number of hydrogen-bond donors (Lipinski definition) is 0. The van der Waals surface area contributed by atoms with Gasteiger partial charge in [-0.05, 0) is 49.6 Å². The first kappa shape index (κ1) is 14.9.